The molecule has 1 aromatic carbocycles. The van der Waals surface area contributed by atoms with Gasteiger partial charge in [0.1, 0.15) is 12.1 Å². The zero-order chi connectivity index (χ0) is 22.3. The lowest BCUT2D eigenvalue weighted by atomic mass is 10.0. The molecule has 0 spiro atoms. The first-order chi connectivity index (χ1) is 14.2. The monoisotopic (exact) mass is 439 g/mol. The molecule has 1 aliphatic heterocycles. The fourth-order valence-electron chi connectivity index (χ4n) is 3.65. The number of aliphatic carboxylic acids is 1. The summed E-state index contributed by atoms with van der Waals surface area (Å²) >= 11 is 0. The van der Waals surface area contributed by atoms with Crippen LogP contribution in [0.1, 0.15) is 62.7 Å². The molecule has 4 atom stereocenters. The Morgan fingerprint density at radius 3 is 2.53 bits per heavy atom. The third kappa shape index (κ3) is 6.24. The topological polar surface area (TPSA) is 121 Å². The van der Waals surface area contributed by atoms with Gasteiger partial charge in [-0.3, -0.25) is 18.7 Å². The van der Waals surface area contributed by atoms with Gasteiger partial charge in [0.25, 0.3) is 5.91 Å². The van der Waals surface area contributed by atoms with Crippen LogP contribution in [0.5, 0.6) is 0 Å². The van der Waals surface area contributed by atoms with Crippen molar-refractivity contribution in [3.63, 3.8) is 0 Å². The van der Waals surface area contributed by atoms with Crippen LogP contribution in [0.15, 0.2) is 30.3 Å². The largest absolute Gasteiger partial charge is 0.480 e. The number of carbonyl (C=O) groups is 3. The first-order valence-corrected chi connectivity index (χ1v) is 11.9. The Kier molecular flexibility index (Phi) is 8.77. The van der Waals surface area contributed by atoms with Crippen molar-refractivity contribution in [2.75, 3.05) is 6.54 Å². The number of carbonyl (C=O) groups excluding carboxylic acids is 2. The average molecular weight is 439 g/mol. The zero-order valence-corrected chi connectivity index (χ0v) is 18.3. The number of carboxylic acid groups (broad SMARTS) is 1. The van der Waals surface area contributed by atoms with E-state index >= 15 is 0 Å². The second kappa shape index (κ2) is 10.8. The lowest BCUT2D eigenvalue weighted by Gasteiger charge is -2.28. The van der Waals surface area contributed by atoms with Crippen LogP contribution in [-0.4, -0.2) is 56.9 Å². The maximum Gasteiger partial charge on any atom is 0.332 e. The highest BCUT2D eigenvalue weighted by molar-refractivity contribution is 7.53. The third-order valence-corrected chi connectivity index (χ3v) is 7.33. The second-order valence-corrected chi connectivity index (χ2v) is 9.70. The van der Waals surface area contributed by atoms with Crippen molar-refractivity contribution in [3.05, 3.63) is 35.9 Å². The van der Waals surface area contributed by atoms with E-state index in [0.29, 0.717) is 31.2 Å². The predicted octanol–water partition coefficient (Wildman–Crippen LogP) is 3.48. The molecular formula is C21H30NO7P. The number of nitrogens with zero attached hydrogens (tertiary/aromatic N) is 1. The van der Waals surface area contributed by atoms with Crippen LogP contribution < -0.4 is 0 Å². The second-order valence-electron chi connectivity index (χ2n) is 7.63. The zero-order valence-electron chi connectivity index (χ0n) is 17.4. The fourth-order valence-corrected chi connectivity index (χ4v) is 5.28. The minimum atomic E-state index is -4.32. The molecule has 0 aliphatic carbocycles. The van der Waals surface area contributed by atoms with Crippen molar-refractivity contribution < 1.29 is 33.5 Å². The highest BCUT2D eigenvalue weighted by Crippen LogP contribution is 2.52. The Hall–Kier alpha value is -2.02. The molecule has 0 saturated carbocycles. The third-order valence-electron chi connectivity index (χ3n) is 5.35. The molecule has 30 heavy (non-hydrogen) atoms. The number of rotatable bonds is 11. The minimum absolute atomic E-state index is 0.167. The normalized spacial score (nSPS) is 20.4. The van der Waals surface area contributed by atoms with Gasteiger partial charge in [0.05, 0.1) is 5.66 Å². The van der Waals surface area contributed by atoms with Crippen molar-refractivity contribution in [2.45, 2.75) is 70.2 Å². The fraction of sp³-hybridized carbons (Fsp3) is 0.571. The van der Waals surface area contributed by atoms with Crippen LogP contribution in [0.3, 0.4) is 0 Å². The molecule has 8 nitrogen and oxygen atoms in total. The molecule has 0 bridgehead atoms. The standard InChI is InChI=1S/C21H30NO7P/c1-3-4-11-17(14-19(23)16-9-6-5-7-10-16)30(27,28)29-15(2)20(24)22-13-8-12-18(22)21(25)26/h5-7,9-10,15,17-18H,3-4,8,11-14H2,1-2H3,(H,25,26)(H,27,28)/t15-,17?,18-/m0/s1. The summed E-state index contributed by atoms with van der Waals surface area (Å²) in [6.45, 7) is 3.55. The van der Waals surface area contributed by atoms with Crippen molar-refractivity contribution in [1.29, 1.82) is 0 Å². The summed E-state index contributed by atoms with van der Waals surface area (Å²) in [6, 6.07) is 7.57. The van der Waals surface area contributed by atoms with E-state index in [1.807, 2.05) is 6.92 Å². The van der Waals surface area contributed by atoms with E-state index in [4.69, 9.17) is 4.52 Å². The first-order valence-electron chi connectivity index (χ1n) is 10.3. The molecule has 1 fully saturated rings. The Bertz CT molecular complexity index is 798. The molecule has 0 aromatic heterocycles. The number of hydrogen-bond acceptors (Lipinski definition) is 5. The molecule has 9 heteroatoms. The molecule has 1 heterocycles. The van der Waals surface area contributed by atoms with Crippen LogP contribution in [0.25, 0.3) is 0 Å². The molecular weight excluding hydrogens is 409 g/mol. The number of Topliss-reactive ketones (excluding diaryl/α,β-unsaturated/α-hetero) is 1. The summed E-state index contributed by atoms with van der Waals surface area (Å²) < 4.78 is 18.3. The van der Waals surface area contributed by atoms with Gasteiger partial charge in [-0.25, -0.2) is 4.79 Å². The van der Waals surface area contributed by atoms with Crippen molar-refractivity contribution in [3.8, 4) is 0 Å². The molecule has 1 amide bonds. The SMILES string of the molecule is CCCCC(CC(=O)c1ccccc1)P(=O)(O)O[C@@H](C)C(=O)N1CCC[C@H]1C(=O)O. The summed E-state index contributed by atoms with van der Waals surface area (Å²) in [4.78, 5) is 48.4. The first kappa shape index (κ1) is 24.3. The number of benzene rings is 1. The Morgan fingerprint density at radius 1 is 1.27 bits per heavy atom. The van der Waals surface area contributed by atoms with Gasteiger partial charge in [-0.1, -0.05) is 50.1 Å². The van der Waals surface area contributed by atoms with Crippen LogP contribution >= 0.6 is 7.60 Å². The molecule has 1 aliphatic rings. The lowest BCUT2D eigenvalue weighted by molar-refractivity contribution is -0.151. The smallest absolute Gasteiger partial charge is 0.332 e. The summed E-state index contributed by atoms with van der Waals surface area (Å²) in [7, 11) is -4.32. The number of hydrogen-bond donors (Lipinski definition) is 2. The van der Waals surface area contributed by atoms with Crippen molar-refractivity contribution in [2.24, 2.45) is 0 Å². The van der Waals surface area contributed by atoms with Crippen LogP contribution in [0, 0.1) is 0 Å². The van der Waals surface area contributed by atoms with Crippen LogP contribution in [0.2, 0.25) is 0 Å². The van der Waals surface area contributed by atoms with E-state index in [9.17, 15) is 28.9 Å². The van der Waals surface area contributed by atoms with Gasteiger partial charge in [0.2, 0.25) is 0 Å². The number of ketones is 1. The molecule has 2 rings (SSSR count). The van der Waals surface area contributed by atoms with Gasteiger partial charge in [0.15, 0.2) is 5.78 Å². The maximum atomic E-state index is 13.0. The molecule has 1 saturated heterocycles. The maximum absolute atomic E-state index is 13.0. The highest BCUT2D eigenvalue weighted by atomic mass is 31.2. The Labute approximate surface area is 176 Å². The van der Waals surface area contributed by atoms with Crippen LogP contribution in [0.4, 0.5) is 0 Å². The van der Waals surface area contributed by atoms with E-state index in [2.05, 4.69) is 0 Å². The van der Waals surface area contributed by atoms with Crippen molar-refractivity contribution >= 4 is 25.3 Å². The van der Waals surface area contributed by atoms with Gasteiger partial charge in [0, 0.05) is 18.5 Å². The quantitative estimate of drug-likeness (QED) is 0.400. The van der Waals surface area contributed by atoms with E-state index in [1.165, 1.54) is 11.8 Å². The molecule has 2 unspecified atom stereocenters. The predicted molar refractivity (Wildman–Crippen MR) is 111 cm³/mol. The lowest BCUT2D eigenvalue weighted by Crippen LogP contribution is -2.45. The minimum Gasteiger partial charge on any atom is -0.480 e. The Balaban J connectivity index is 2.11. The molecule has 0 radical (unpaired) electrons. The molecule has 1 aromatic rings. The van der Waals surface area contributed by atoms with E-state index in [1.54, 1.807) is 30.3 Å². The summed E-state index contributed by atoms with van der Waals surface area (Å²) in [5.41, 5.74) is -0.487. The summed E-state index contributed by atoms with van der Waals surface area (Å²) in [5, 5.41) is 9.26. The number of amides is 1. The highest BCUT2D eigenvalue weighted by Gasteiger charge is 2.41. The van der Waals surface area contributed by atoms with E-state index in [0.717, 1.165) is 6.42 Å². The number of likely N-dealkylation sites (tertiary alicyclic amines) is 1. The van der Waals surface area contributed by atoms with E-state index < -0.39 is 37.3 Å². The van der Waals surface area contributed by atoms with Gasteiger partial charge in [-0.15, -0.1) is 0 Å². The average Bonchev–Trinajstić information content (AvgIpc) is 3.20. The summed E-state index contributed by atoms with van der Waals surface area (Å²) in [5.74, 6) is -1.99. The van der Waals surface area contributed by atoms with Gasteiger partial charge in [-0.05, 0) is 26.2 Å². The number of carboxylic acids is 1. The van der Waals surface area contributed by atoms with Gasteiger partial charge >= 0.3 is 13.6 Å². The Morgan fingerprint density at radius 2 is 1.93 bits per heavy atom. The van der Waals surface area contributed by atoms with E-state index in [-0.39, 0.29) is 18.7 Å². The molecule has 166 valence electrons. The number of unbranched alkanes of at least 4 members (excludes halogenated alkanes) is 1. The van der Waals surface area contributed by atoms with Gasteiger partial charge < -0.3 is 14.9 Å². The van der Waals surface area contributed by atoms with Crippen LogP contribution in [-0.2, 0) is 18.7 Å². The van der Waals surface area contributed by atoms with Gasteiger partial charge in [-0.2, -0.15) is 0 Å². The summed E-state index contributed by atoms with van der Waals surface area (Å²) in [6.07, 6.45) is 1.17. The molecule has 2 N–H and O–H groups in total. The van der Waals surface area contributed by atoms with Crippen molar-refractivity contribution in [1.82, 2.24) is 4.90 Å².